The highest BCUT2D eigenvalue weighted by Gasteiger charge is 2.37. The first-order chi connectivity index (χ1) is 8.47. The van der Waals surface area contributed by atoms with E-state index in [1.807, 2.05) is 0 Å². The lowest BCUT2D eigenvalue weighted by Crippen LogP contribution is -2.49. The maximum atomic E-state index is 12.2. The zero-order valence-electron chi connectivity index (χ0n) is 9.89. The normalized spacial score (nSPS) is 19.0. The average molecular weight is 290 g/mol. The molecule has 1 aliphatic rings. The molecule has 0 bridgehead atoms. The van der Waals surface area contributed by atoms with Crippen molar-refractivity contribution in [3.05, 3.63) is 29.3 Å². The minimum absolute atomic E-state index is 0.167. The molecule has 2 N–H and O–H groups in total. The Hall–Kier alpha value is -0.620. The summed E-state index contributed by atoms with van der Waals surface area (Å²) in [4.78, 5) is 0.173. The first-order valence-electron chi connectivity index (χ1n) is 5.88. The zero-order chi connectivity index (χ0) is 13.2. The van der Waals surface area contributed by atoms with Gasteiger partial charge in [-0.25, -0.2) is 13.1 Å². The van der Waals surface area contributed by atoms with Gasteiger partial charge in [0.2, 0.25) is 10.0 Å². The molecule has 0 saturated heterocycles. The molecule has 0 radical (unpaired) electrons. The summed E-state index contributed by atoms with van der Waals surface area (Å²) in [6, 6.07) is 6.00. The van der Waals surface area contributed by atoms with Crippen LogP contribution >= 0.6 is 11.6 Å². The monoisotopic (exact) mass is 289 g/mol. The molecule has 1 aliphatic carbocycles. The van der Waals surface area contributed by atoms with E-state index in [9.17, 15) is 13.5 Å². The number of rotatable bonds is 4. The van der Waals surface area contributed by atoms with E-state index in [-0.39, 0.29) is 11.5 Å². The Morgan fingerprint density at radius 1 is 1.22 bits per heavy atom. The minimum Gasteiger partial charge on any atom is -0.394 e. The van der Waals surface area contributed by atoms with Gasteiger partial charge in [-0.2, -0.15) is 0 Å². The van der Waals surface area contributed by atoms with E-state index in [0.717, 1.165) is 12.8 Å². The molecular formula is C12H16ClNO3S. The van der Waals surface area contributed by atoms with Crippen LogP contribution < -0.4 is 4.72 Å². The lowest BCUT2D eigenvalue weighted by molar-refractivity contribution is 0.185. The molecule has 1 aromatic rings. The van der Waals surface area contributed by atoms with Crippen molar-refractivity contribution >= 4 is 21.6 Å². The minimum atomic E-state index is -3.60. The van der Waals surface area contributed by atoms with Gasteiger partial charge in [-0.3, -0.25) is 0 Å². The molecule has 0 heterocycles. The number of aliphatic hydroxyl groups excluding tert-OH is 1. The van der Waals surface area contributed by atoms with Crippen LogP contribution in [0.15, 0.2) is 29.2 Å². The van der Waals surface area contributed by atoms with Crippen molar-refractivity contribution in [2.24, 2.45) is 0 Å². The summed E-state index contributed by atoms with van der Waals surface area (Å²) in [5.41, 5.74) is -0.696. The van der Waals surface area contributed by atoms with E-state index in [2.05, 4.69) is 4.72 Å². The summed E-state index contributed by atoms with van der Waals surface area (Å²) in [6.45, 7) is -0.167. The zero-order valence-corrected chi connectivity index (χ0v) is 11.5. The smallest absolute Gasteiger partial charge is 0.241 e. The number of sulfonamides is 1. The predicted molar refractivity (Wildman–Crippen MR) is 70.1 cm³/mol. The molecule has 0 atom stereocenters. The maximum absolute atomic E-state index is 12.2. The molecule has 4 nitrogen and oxygen atoms in total. The van der Waals surface area contributed by atoms with Gasteiger partial charge in [0.05, 0.1) is 17.0 Å². The molecule has 0 spiro atoms. The predicted octanol–water partition coefficient (Wildman–Crippen LogP) is 1.92. The number of aliphatic hydroxyl groups is 1. The van der Waals surface area contributed by atoms with Crippen LogP contribution in [-0.4, -0.2) is 25.7 Å². The van der Waals surface area contributed by atoms with Crippen LogP contribution in [0.5, 0.6) is 0 Å². The molecule has 0 aliphatic heterocycles. The van der Waals surface area contributed by atoms with Gasteiger partial charge in [-0.15, -0.1) is 0 Å². The summed E-state index contributed by atoms with van der Waals surface area (Å²) in [6.07, 6.45) is 3.22. The fourth-order valence-corrected chi connectivity index (χ4v) is 3.88. The van der Waals surface area contributed by atoms with E-state index in [1.54, 1.807) is 0 Å². The van der Waals surface area contributed by atoms with E-state index in [1.165, 1.54) is 24.3 Å². The highest BCUT2D eigenvalue weighted by atomic mass is 35.5. The summed E-state index contributed by atoms with van der Waals surface area (Å²) < 4.78 is 27.0. The fourth-order valence-electron chi connectivity index (χ4n) is 2.30. The highest BCUT2D eigenvalue weighted by molar-refractivity contribution is 7.89. The SMILES string of the molecule is O=S(=O)(NC1(CO)CCCC1)c1ccc(Cl)cc1. The van der Waals surface area contributed by atoms with Crippen LogP contribution in [0.25, 0.3) is 0 Å². The average Bonchev–Trinajstić information content (AvgIpc) is 2.78. The number of benzene rings is 1. The Bertz CT molecular complexity index is 507. The van der Waals surface area contributed by atoms with E-state index in [4.69, 9.17) is 11.6 Å². The lowest BCUT2D eigenvalue weighted by Gasteiger charge is -2.27. The Balaban J connectivity index is 2.24. The van der Waals surface area contributed by atoms with Crippen molar-refractivity contribution in [1.29, 1.82) is 0 Å². The van der Waals surface area contributed by atoms with Gasteiger partial charge in [-0.1, -0.05) is 24.4 Å². The molecule has 0 unspecified atom stereocenters. The van der Waals surface area contributed by atoms with Crippen LogP contribution in [0.2, 0.25) is 5.02 Å². The van der Waals surface area contributed by atoms with Crippen LogP contribution in [0.1, 0.15) is 25.7 Å². The second-order valence-corrected chi connectivity index (χ2v) is 6.82. The van der Waals surface area contributed by atoms with Crippen molar-refractivity contribution in [3.63, 3.8) is 0 Å². The van der Waals surface area contributed by atoms with Crippen molar-refractivity contribution in [2.75, 3.05) is 6.61 Å². The van der Waals surface area contributed by atoms with Gasteiger partial charge >= 0.3 is 0 Å². The fraction of sp³-hybridized carbons (Fsp3) is 0.500. The Morgan fingerprint density at radius 2 is 1.78 bits per heavy atom. The third-order valence-electron chi connectivity index (χ3n) is 3.34. The Labute approximate surface area is 112 Å². The summed E-state index contributed by atoms with van der Waals surface area (Å²) in [7, 11) is -3.60. The topological polar surface area (TPSA) is 66.4 Å². The number of nitrogens with one attached hydrogen (secondary N) is 1. The summed E-state index contributed by atoms with van der Waals surface area (Å²) in [5.74, 6) is 0. The van der Waals surface area contributed by atoms with Crippen LogP contribution in [0.4, 0.5) is 0 Å². The van der Waals surface area contributed by atoms with E-state index >= 15 is 0 Å². The summed E-state index contributed by atoms with van der Waals surface area (Å²) in [5, 5.41) is 9.92. The molecule has 100 valence electrons. The number of hydrogen-bond donors (Lipinski definition) is 2. The molecule has 0 aromatic heterocycles. The Morgan fingerprint density at radius 3 is 2.28 bits per heavy atom. The van der Waals surface area contributed by atoms with Crippen molar-refractivity contribution < 1.29 is 13.5 Å². The molecule has 0 amide bonds. The third-order valence-corrected chi connectivity index (χ3v) is 5.18. The molecule has 1 saturated carbocycles. The quantitative estimate of drug-likeness (QED) is 0.890. The third kappa shape index (κ3) is 2.85. The van der Waals surface area contributed by atoms with Gasteiger partial charge in [0, 0.05) is 5.02 Å². The van der Waals surface area contributed by atoms with Crippen LogP contribution in [0.3, 0.4) is 0 Å². The molecular weight excluding hydrogens is 274 g/mol. The highest BCUT2D eigenvalue weighted by Crippen LogP contribution is 2.30. The van der Waals surface area contributed by atoms with Gasteiger partial charge in [-0.05, 0) is 37.1 Å². The van der Waals surface area contributed by atoms with Crippen molar-refractivity contribution in [2.45, 2.75) is 36.1 Å². The Kier molecular flexibility index (Phi) is 3.96. The van der Waals surface area contributed by atoms with E-state index < -0.39 is 15.6 Å². The second-order valence-electron chi connectivity index (χ2n) is 4.70. The summed E-state index contributed by atoms with van der Waals surface area (Å²) >= 11 is 5.73. The molecule has 1 fully saturated rings. The molecule has 18 heavy (non-hydrogen) atoms. The second kappa shape index (κ2) is 5.17. The van der Waals surface area contributed by atoms with Gasteiger partial charge in [0.25, 0.3) is 0 Å². The van der Waals surface area contributed by atoms with Gasteiger partial charge in [0.1, 0.15) is 0 Å². The molecule has 1 aromatic carbocycles. The van der Waals surface area contributed by atoms with Gasteiger partial charge < -0.3 is 5.11 Å². The molecule has 6 heteroatoms. The van der Waals surface area contributed by atoms with Crippen molar-refractivity contribution in [3.8, 4) is 0 Å². The largest absolute Gasteiger partial charge is 0.394 e. The number of hydrogen-bond acceptors (Lipinski definition) is 3. The first kappa shape index (κ1) is 13.8. The standard InChI is InChI=1S/C12H16ClNO3S/c13-10-3-5-11(6-4-10)18(16,17)14-12(9-15)7-1-2-8-12/h3-6,14-15H,1-2,7-9H2. The van der Waals surface area contributed by atoms with Crippen LogP contribution in [0, 0.1) is 0 Å². The molecule has 2 rings (SSSR count). The maximum Gasteiger partial charge on any atom is 0.241 e. The van der Waals surface area contributed by atoms with E-state index in [0.29, 0.717) is 17.9 Å². The van der Waals surface area contributed by atoms with Crippen LogP contribution in [-0.2, 0) is 10.0 Å². The lowest BCUT2D eigenvalue weighted by atomic mass is 10.0. The van der Waals surface area contributed by atoms with Crippen molar-refractivity contribution in [1.82, 2.24) is 4.72 Å². The number of halogens is 1. The first-order valence-corrected chi connectivity index (χ1v) is 7.74. The van der Waals surface area contributed by atoms with Gasteiger partial charge in [0.15, 0.2) is 0 Å².